The van der Waals surface area contributed by atoms with Crippen LogP contribution in [-0.4, -0.2) is 5.54 Å². The van der Waals surface area contributed by atoms with Crippen molar-refractivity contribution in [2.75, 3.05) is 0 Å². The second-order valence-corrected chi connectivity index (χ2v) is 4.79. The maximum absolute atomic E-state index is 6.10. The summed E-state index contributed by atoms with van der Waals surface area (Å²) in [5, 5.41) is 0.821. The van der Waals surface area contributed by atoms with E-state index >= 15 is 0 Å². The summed E-state index contributed by atoms with van der Waals surface area (Å²) in [6, 6.07) is 6.02. The fourth-order valence-electron chi connectivity index (χ4n) is 1.74. The number of nitrogens with two attached hydrogens (primary N) is 1. The van der Waals surface area contributed by atoms with Crippen LogP contribution in [-0.2, 0) is 6.42 Å². The molecule has 0 unspecified atom stereocenters. The van der Waals surface area contributed by atoms with Crippen LogP contribution in [0.25, 0.3) is 6.08 Å². The predicted molar refractivity (Wildman–Crippen MR) is 61.4 cm³/mol. The molecular formula is C12H14ClN. The molecule has 0 heterocycles. The maximum atomic E-state index is 6.10. The van der Waals surface area contributed by atoms with Gasteiger partial charge in [-0.3, -0.25) is 0 Å². The summed E-state index contributed by atoms with van der Waals surface area (Å²) in [4.78, 5) is 0. The first kappa shape index (κ1) is 9.75. The minimum absolute atomic E-state index is 0.248. The van der Waals surface area contributed by atoms with Crippen molar-refractivity contribution < 1.29 is 0 Å². The quantitative estimate of drug-likeness (QED) is 0.753. The Morgan fingerprint density at radius 1 is 1.36 bits per heavy atom. The first-order valence-corrected chi connectivity index (χ1v) is 5.13. The third kappa shape index (κ3) is 1.58. The summed E-state index contributed by atoms with van der Waals surface area (Å²) in [6.45, 7) is 4.05. The largest absolute Gasteiger partial charge is 0.322 e. The molecule has 0 radical (unpaired) electrons. The third-order valence-corrected chi connectivity index (χ3v) is 3.00. The minimum Gasteiger partial charge on any atom is -0.322 e. The van der Waals surface area contributed by atoms with Crippen LogP contribution >= 0.6 is 11.6 Å². The normalized spacial score (nSPS) is 15.3. The van der Waals surface area contributed by atoms with Crippen LogP contribution in [0.5, 0.6) is 0 Å². The van der Waals surface area contributed by atoms with Gasteiger partial charge in [0, 0.05) is 10.6 Å². The van der Waals surface area contributed by atoms with Crippen molar-refractivity contribution in [3.05, 3.63) is 39.9 Å². The summed E-state index contributed by atoms with van der Waals surface area (Å²) in [5.41, 5.74) is 9.49. The highest BCUT2D eigenvalue weighted by Crippen LogP contribution is 2.34. The first-order chi connectivity index (χ1) is 6.48. The predicted octanol–water partition coefficient (Wildman–Crippen LogP) is 3.02. The molecule has 0 bridgehead atoms. The van der Waals surface area contributed by atoms with E-state index in [0.717, 1.165) is 17.0 Å². The maximum Gasteiger partial charge on any atom is 0.0481 e. The highest BCUT2D eigenvalue weighted by molar-refractivity contribution is 6.32. The highest BCUT2D eigenvalue weighted by Gasteiger charge is 2.24. The van der Waals surface area contributed by atoms with Crippen LogP contribution in [0, 0.1) is 0 Å². The second-order valence-electron chi connectivity index (χ2n) is 4.38. The van der Waals surface area contributed by atoms with Crippen LogP contribution in [0.2, 0.25) is 5.02 Å². The molecule has 0 amide bonds. The molecule has 0 aromatic heterocycles. The van der Waals surface area contributed by atoms with Gasteiger partial charge in [0.15, 0.2) is 0 Å². The SMILES string of the molecule is CC(C)(N)C1=Cc2c(Cl)cccc2C1. The molecule has 14 heavy (non-hydrogen) atoms. The molecule has 2 N–H and O–H groups in total. The fourth-order valence-corrected chi connectivity index (χ4v) is 1.99. The zero-order chi connectivity index (χ0) is 10.3. The standard InChI is InChI=1S/C12H14ClN/c1-12(2,14)9-6-8-4-3-5-11(13)10(8)7-9/h3-5,7H,6,14H2,1-2H3. The smallest absolute Gasteiger partial charge is 0.0481 e. The van der Waals surface area contributed by atoms with Gasteiger partial charge in [-0.05, 0) is 43.0 Å². The lowest BCUT2D eigenvalue weighted by molar-refractivity contribution is 0.604. The van der Waals surface area contributed by atoms with Gasteiger partial charge in [-0.2, -0.15) is 0 Å². The second kappa shape index (κ2) is 3.11. The molecule has 0 spiro atoms. The molecule has 2 heteroatoms. The Kier molecular flexibility index (Phi) is 2.17. The Morgan fingerprint density at radius 3 is 2.64 bits per heavy atom. The van der Waals surface area contributed by atoms with Gasteiger partial charge < -0.3 is 5.73 Å². The van der Waals surface area contributed by atoms with Gasteiger partial charge in [-0.1, -0.05) is 29.8 Å². The summed E-state index contributed by atoms with van der Waals surface area (Å²) in [7, 11) is 0. The van der Waals surface area contributed by atoms with Crippen LogP contribution in [0.15, 0.2) is 23.8 Å². The van der Waals surface area contributed by atoms with Crippen molar-refractivity contribution in [2.45, 2.75) is 25.8 Å². The van der Waals surface area contributed by atoms with Crippen molar-refractivity contribution in [2.24, 2.45) is 5.73 Å². The van der Waals surface area contributed by atoms with E-state index in [9.17, 15) is 0 Å². The van der Waals surface area contributed by atoms with Gasteiger partial charge in [0.2, 0.25) is 0 Å². The molecule has 1 nitrogen and oxygen atoms in total. The molecule has 0 saturated carbocycles. The number of fused-ring (bicyclic) bond motifs is 1. The van der Waals surface area contributed by atoms with Crippen LogP contribution in [0.4, 0.5) is 0 Å². The number of benzene rings is 1. The lowest BCUT2D eigenvalue weighted by Gasteiger charge is -2.20. The Morgan fingerprint density at radius 2 is 2.07 bits per heavy atom. The van der Waals surface area contributed by atoms with Crippen molar-refractivity contribution in [1.82, 2.24) is 0 Å². The summed E-state index contributed by atoms with van der Waals surface area (Å²) < 4.78 is 0. The number of hydrogen-bond acceptors (Lipinski definition) is 1. The molecule has 1 aromatic rings. The van der Waals surface area contributed by atoms with E-state index in [-0.39, 0.29) is 5.54 Å². The third-order valence-electron chi connectivity index (χ3n) is 2.67. The topological polar surface area (TPSA) is 26.0 Å². The molecular weight excluding hydrogens is 194 g/mol. The van der Waals surface area contributed by atoms with E-state index in [1.54, 1.807) is 0 Å². The van der Waals surface area contributed by atoms with Crippen molar-refractivity contribution in [3.63, 3.8) is 0 Å². The molecule has 1 aliphatic carbocycles. The van der Waals surface area contributed by atoms with E-state index in [4.69, 9.17) is 17.3 Å². The van der Waals surface area contributed by atoms with Crippen LogP contribution < -0.4 is 5.73 Å². The molecule has 1 aliphatic rings. The van der Waals surface area contributed by atoms with E-state index in [2.05, 4.69) is 12.1 Å². The number of hydrogen-bond donors (Lipinski definition) is 1. The molecule has 1 aromatic carbocycles. The molecule has 2 rings (SSSR count). The average molecular weight is 208 g/mol. The Labute approximate surface area is 89.6 Å². The van der Waals surface area contributed by atoms with Crippen molar-refractivity contribution in [3.8, 4) is 0 Å². The lowest BCUT2D eigenvalue weighted by atomic mass is 9.94. The van der Waals surface area contributed by atoms with Gasteiger partial charge in [0.1, 0.15) is 0 Å². The lowest BCUT2D eigenvalue weighted by Crippen LogP contribution is -2.34. The molecule has 0 atom stereocenters. The van der Waals surface area contributed by atoms with Gasteiger partial charge in [0.25, 0.3) is 0 Å². The Balaban J connectivity index is 2.45. The Bertz CT molecular complexity index is 399. The molecule has 0 saturated heterocycles. The highest BCUT2D eigenvalue weighted by atomic mass is 35.5. The number of halogens is 1. The fraction of sp³-hybridized carbons (Fsp3) is 0.333. The first-order valence-electron chi connectivity index (χ1n) is 4.76. The average Bonchev–Trinajstić information content (AvgIpc) is 2.48. The van der Waals surface area contributed by atoms with E-state index in [0.29, 0.717) is 0 Å². The Hall–Kier alpha value is -0.790. The van der Waals surface area contributed by atoms with Crippen LogP contribution in [0.3, 0.4) is 0 Å². The number of rotatable bonds is 1. The zero-order valence-corrected chi connectivity index (χ0v) is 9.23. The summed E-state index contributed by atoms with van der Waals surface area (Å²) >= 11 is 6.10. The van der Waals surface area contributed by atoms with Gasteiger partial charge >= 0.3 is 0 Å². The zero-order valence-electron chi connectivity index (χ0n) is 8.47. The van der Waals surface area contributed by atoms with E-state index in [1.165, 1.54) is 11.1 Å². The van der Waals surface area contributed by atoms with Gasteiger partial charge in [-0.15, -0.1) is 0 Å². The van der Waals surface area contributed by atoms with Gasteiger partial charge in [-0.25, -0.2) is 0 Å². The molecule has 74 valence electrons. The minimum atomic E-state index is -0.248. The van der Waals surface area contributed by atoms with E-state index in [1.807, 2.05) is 26.0 Å². The van der Waals surface area contributed by atoms with Crippen molar-refractivity contribution >= 4 is 17.7 Å². The van der Waals surface area contributed by atoms with E-state index < -0.39 is 0 Å². The summed E-state index contributed by atoms with van der Waals surface area (Å²) in [5.74, 6) is 0. The molecule has 0 aliphatic heterocycles. The summed E-state index contributed by atoms with van der Waals surface area (Å²) in [6.07, 6.45) is 3.05. The van der Waals surface area contributed by atoms with Crippen molar-refractivity contribution in [1.29, 1.82) is 0 Å². The van der Waals surface area contributed by atoms with Crippen LogP contribution in [0.1, 0.15) is 25.0 Å². The molecule has 0 fully saturated rings. The monoisotopic (exact) mass is 207 g/mol. The van der Waals surface area contributed by atoms with Gasteiger partial charge in [0.05, 0.1) is 0 Å².